The number of aromatic nitrogens is 2. The molecule has 2 fully saturated rings. The second-order valence-corrected chi connectivity index (χ2v) is 10.9. The second kappa shape index (κ2) is 8.04. The number of aliphatic hydroxyl groups is 1. The molecule has 0 amide bonds. The Morgan fingerprint density at radius 3 is 2.67 bits per heavy atom. The first-order valence-corrected chi connectivity index (χ1v) is 12.4. The Balaban J connectivity index is 1.36. The van der Waals surface area contributed by atoms with Crippen molar-refractivity contribution in [2.45, 2.75) is 69.8 Å². The van der Waals surface area contributed by atoms with E-state index in [1.165, 1.54) is 21.5 Å². The summed E-state index contributed by atoms with van der Waals surface area (Å²) >= 11 is 3.41. The van der Waals surface area contributed by atoms with Crippen LogP contribution in [0.4, 0.5) is 0 Å². The van der Waals surface area contributed by atoms with Crippen LogP contribution in [0.15, 0.2) is 45.9 Å². The first-order valence-electron chi connectivity index (χ1n) is 10.6. The Hall–Kier alpha value is -1.80. The molecule has 2 unspecified atom stereocenters. The molecule has 0 aliphatic carbocycles. The lowest BCUT2D eigenvalue weighted by Crippen LogP contribution is -2.59. The van der Waals surface area contributed by atoms with Crippen molar-refractivity contribution in [2.75, 3.05) is 0 Å². The van der Waals surface area contributed by atoms with Crippen molar-refractivity contribution in [3.8, 4) is 10.6 Å². The quantitative estimate of drug-likeness (QED) is 0.642. The fourth-order valence-electron chi connectivity index (χ4n) is 5.19. The highest BCUT2D eigenvalue weighted by Crippen LogP contribution is 2.41. The largest absolute Gasteiger partial charge is 0.388 e. The van der Waals surface area contributed by atoms with Gasteiger partial charge in [-0.15, -0.1) is 22.7 Å². The molecular formula is C23H27N3O2S2. The molecule has 5 nitrogen and oxygen atoms in total. The minimum absolute atomic E-state index is 0.148. The molecule has 2 atom stereocenters. The van der Waals surface area contributed by atoms with Gasteiger partial charge < -0.3 is 5.11 Å². The standard InChI is InChI=1S/C23H27N3O2S2/c1-16-10-17(14-30-16)13-25-18-4-2-5-19(25)12-23(28,11-18)15-26-22(27)8-7-20(24-26)21-6-3-9-29-21/h3,6-10,14,18-19,28H,2,4-5,11-13,15H2,1H3. The van der Waals surface area contributed by atoms with E-state index in [4.69, 9.17) is 0 Å². The number of piperidine rings is 2. The van der Waals surface area contributed by atoms with Gasteiger partial charge in [0.15, 0.2) is 0 Å². The van der Waals surface area contributed by atoms with Crippen molar-refractivity contribution in [1.82, 2.24) is 14.7 Å². The van der Waals surface area contributed by atoms with Gasteiger partial charge in [-0.2, -0.15) is 5.10 Å². The highest BCUT2D eigenvalue weighted by molar-refractivity contribution is 7.13. The smallest absolute Gasteiger partial charge is 0.266 e. The van der Waals surface area contributed by atoms with E-state index < -0.39 is 5.60 Å². The molecule has 0 spiro atoms. The van der Waals surface area contributed by atoms with Gasteiger partial charge in [0.2, 0.25) is 0 Å². The van der Waals surface area contributed by atoms with Gasteiger partial charge in [-0.3, -0.25) is 9.69 Å². The third-order valence-electron chi connectivity index (χ3n) is 6.48. The molecule has 3 aromatic heterocycles. The van der Waals surface area contributed by atoms with Crippen molar-refractivity contribution < 1.29 is 5.11 Å². The molecule has 2 saturated heterocycles. The van der Waals surface area contributed by atoms with E-state index in [0.29, 0.717) is 24.9 Å². The zero-order valence-corrected chi connectivity index (χ0v) is 18.8. The maximum absolute atomic E-state index is 12.5. The minimum atomic E-state index is -0.887. The van der Waals surface area contributed by atoms with Crippen LogP contribution >= 0.6 is 22.7 Å². The van der Waals surface area contributed by atoms with E-state index in [9.17, 15) is 9.90 Å². The van der Waals surface area contributed by atoms with E-state index >= 15 is 0 Å². The van der Waals surface area contributed by atoms with Gasteiger partial charge in [0, 0.05) is 29.6 Å². The Morgan fingerprint density at radius 1 is 1.20 bits per heavy atom. The van der Waals surface area contributed by atoms with Crippen molar-refractivity contribution in [1.29, 1.82) is 0 Å². The SMILES string of the molecule is Cc1cc(CN2C3CCCC2CC(O)(Cn2nc(-c4cccs4)ccc2=O)C3)cs1. The highest BCUT2D eigenvalue weighted by atomic mass is 32.1. The molecule has 30 heavy (non-hydrogen) atoms. The van der Waals surface area contributed by atoms with Crippen LogP contribution in [-0.2, 0) is 13.1 Å². The number of rotatable bonds is 5. The lowest BCUT2D eigenvalue weighted by atomic mass is 9.75. The maximum atomic E-state index is 12.5. The lowest BCUT2D eigenvalue weighted by molar-refractivity contribution is -0.105. The van der Waals surface area contributed by atoms with E-state index in [1.54, 1.807) is 34.8 Å². The fraction of sp³-hybridized carbons (Fsp3) is 0.478. The summed E-state index contributed by atoms with van der Waals surface area (Å²) in [5.74, 6) is 0. The molecule has 2 aliphatic rings. The van der Waals surface area contributed by atoms with E-state index in [1.807, 2.05) is 17.5 Å². The summed E-state index contributed by atoms with van der Waals surface area (Å²) in [7, 11) is 0. The average molecular weight is 442 g/mol. The van der Waals surface area contributed by atoms with Crippen molar-refractivity contribution >= 4 is 22.7 Å². The topological polar surface area (TPSA) is 58.4 Å². The summed E-state index contributed by atoms with van der Waals surface area (Å²) in [6, 6.07) is 10.3. The molecular weight excluding hydrogens is 414 g/mol. The molecule has 0 radical (unpaired) electrons. The summed E-state index contributed by atoms with van der Waals surface area (Å²) in [6.45, 7) is 3.38. The van der Waals surface area contributed by atoms with Crippen molar-refractivity contribution in [3.05, 3.63) is 61.9 Å². The van der Waals surface area contributed by atoms with Crippen LogP contribution in [0.3, 0.4) is 0 Å². The van der Waals surface area contributed by atoms with E-state index in [2.05, 4.69) is 28.4 Å². The second-order valence-electron chi connectivity index (χ2n) is 8.80. The molecule has 158 valence electrons. The zero-order chi connectivity index (χ0) is 20.7. The normalized spacial score (nSPS) is 26.7. The average Bonchev–Trinajstić information content (AvgIpc) is 3.37. The summed E-state index contributed by atoms with van der Waals surface area (Å²) in [4.78, 5) is 17.5. The van der Waals surface area contributed by atoms with Gasteiger partial charge in [-0.1, -0.05) is 12.5 Å². The van der Waals surface area contributed by atoms with Crippen LogP contribution in [0.2, 0.25) is 0 Å². The van der Waals surface area contributed by atoms with E-state index in [-0.39, 0.29) is 12.1 Å². The van der Waals surface area contributed by atoms with Crippen LogP contribution in [0, 0.1) is 6.92 Å². The third-order valence-corrected chi connectivity index (χ3v) is 8.28. The van der Waals surface area contributed by atoms with Gasteiger partial charge >= 0.3 is 0 Å². The Bertz CT molecular complexity index is 1060. The number of aryl methyl sites for hydroxylation is 1. The van der Waals surface area contributed by atoms with Crippen molar-refractivity contribution in [3.63, 3.8) is 0 Å². The minimum Gasteiger partial charge on any atom is -0.388 e. The Kier molecular flexibility index (Phi) is 5.39. The van der Waals surface area contributed by atoms with Crippen LogP contribution in [0.25, 0.3) is 10.6 Å². The maximum Gasteiger partial charge on any atom is 0.266 e. The summed E-state index contributed by atoms with van der Waals surface area (Å²) < 4.78 is 1.47. The number of hydrogen-bond acceptors (Lipinski definition) is 6. The number of hydrogen-bond donors (Lipinski definition) is 1. The molecule has 5 heterocycles. The third kappa shape index (κ3) is 4.04. The number of fused-ring (bicyclic) bond motifs is 2. The summed E-state index contributed by atoms with van der Waals surface area (Å²) in [5.41, 5.74) is 1.13. The predicted octanol–water partition coefficient (Wildman–Crippen LogP) is 4.29. The Morgan fingerprint density at radius 2 is 2.00 bits per heavy atom. The first kappa shape index (κ1) is 20.1. The Labute approximate surface area is 184 Å². The molecule has 0 saturated carbocycles. The van der Waals surface area contributed by atoms with Gasteiger partial charge in [0.1, 0.15) is 5.69 Å². The molecule has 2 aliphatic heterocycles. The van der Waals surface area contributed by atoms with Gasteiger partial charge in [-0.05, 0) is 67.1 Å². The predicted molar refractivity (Wildman–Crippen MR) is 122 cm³/mol. The van der Waals surface area contributed by atoms with Gasteiger partial charge in [-0.25, -0.2) is 4.68 Å². The fourth-order valence-corrected chi connectivity index (χ4v) is 6.58. The van der Waals surface area contributed by atoms with Crippen molar-refractivity contribution in [2.24, 2.45) is 0 Å². The molecule has 1 N–H and O–H groups in total. The summed E-state index contributed by atoms with van der Waals surface area (Å²) in [6.07, 6.45) is 4.84. The lowest BCUT2D eigenvalue weighted by Gasteiger charge is -2.52. The van der Waals surface area contributed by atoms with Crippen LogP contribution in [0.5, 0.6) is 0 Å². The number of nitrogens with zero attached hydrogens (tertiary/aromatic N) is 3. The molecule has 7 heteroatoms. The van der Waals surface area contributed by atoms with Gasteiger partial charge in [0.05, 0.1) is 17.0 Å². The molecule has 2 bridgehead atoms. The van der Waals surface area contributed by atoms with Crippen LogP contribution in [-0.4, -0.2) is 37.5 Å². The first-order chi connectivity index (χ1) is 14.5. The van der Waals surface area contributed by atoms with E-state index in [0.717, 1.165) is 30.0 Å². The molecule has 3 aromatic rings. The summed E-state index contributed by atoms with van der Waals surface area (Å²) in [5, 5.41) is 20.4. The van der Waals surface area contributed by atoms with Gasteiger partial charge in [0.25, 0.3) is 5.56 Å². The highest BCUT2D eigenvalue weighted by Gasteiger charge is 2.45. The van der Waals surface area contributed by atoms with Crippen LogP contribution < -0.4 is 5.56 Å². The molecule has 0 aromatic carbocycles. The van der Waals surface area contributed by atoms with Crippen LogP contribution in [0.1, 0.15) is 42.5 Å². The molecule has 5 rings (SSSR count). The number of thiophene rings is 2. The monoisotopic (exact) mass is 441 g/mol. The zero-order valence-electron chi connectivity index (χ0n) is 17.2.